The van der Waals surface area contributed by atoms with Gasteiger partial charge < -0.3 is 5.32 Å². The summed E-state index contributed by atoms with van der Waals surface area (Å²) < 4.78 is 1.11. The molecule has 2 aromatic carbocycles. The monoisotopic (exact) mass is 364 g/mol. The van der Waals surface area contributed by atoms with Crippen molar-refractivity contribution in [3.63, 3.8) is 0 Å². The van der Waals surface area contributed by atoms with E-state index in [1.807, 2.05) is 12.1 Å². The van der Waals surface area contributed by atoms with E-state index in [4.69, 9.17) is 11.6 Å². The first kappa shape index (κ1) is 15.0. The van der Waals surface area contributed by atoms with E-state index < -0.39 is 0 Å². The van der Waals surface area contributed by atoms with Crippen LogP contribution in [0.4, 0.5) is 0 Å². The summed E-state index contributed by atoms with van der Waals surface area (Å²) in [6.45, 7) is 4.17. The second-order valence-electron chi connectivity index (χ2n) is 5.30. The SMILES string of the molecule is Clc1cccc(C(c2ccc(Br)cc2)N2CCNCC2)c1. The van der Waals surface area contributed by atoms with Crippen molar-refractivity contribution < 1.29 is 0 Å². The van der Waals surface area contributed by atoms with Crippen molar-refractivity contribution in [3.8, 4) is 0 Å². The molecule has 110 valence electrons. The van der Waals surface area contributed by atoms with Gasteiger partial charge in [0.2, 0.25) is 0 Å². The summed E-state index contributed by atoms with van der Waals surface area (Å²) in [6, 6.07) is 17.1. The Kier molecular flexibility index (Phi) is 4.96. The summed E-state index contributed by atoms with van der Waals surface area (Å²) in [7, 11) is 0. The van der Waals surface area contributed by atoms with Gasteiger partial charge in [0, 0.05) is 35.7 Å². The minimum Gasteiger partial charge on any atom is -0.314 e. The zero-order chi connectivity index (χ0) is 14.7. The minimum absolute atomic E-state index is 0.263. The highest BCUT2D eigenvalue weighted by atomic mass is 79.9. The van der Waals surface area contributed by atoms with E-state index in [1.54, 1.807) is 0 Å². The van der Waals surface area contributed by atoms with Crippen LogP contribution < -0.4 is 5.32 Å². The van der Waals surface area contributed by atoms with Crippen molar-refractivity contribution >= 4 is 27.5 Å². The van der Waals surface area contributed by atoms with E-state index in [0.717, 1.165) is 35.7 Å². The van der Waals surface area contributed by atoms with Crippen molar-refractivity contribution in [2.24, 2.45) is 0 Å². The van der Waals surface area contributed by atoms with Crippen LogP contribution >= 0.6 is 27.5 Å². The number of benzene rings is 2. The zero-order valence-corrected chi connectivity index (χ0v) is 14.1. The van der Waals surface area contributed by atoms with Gasteiger partial charge in [0.05, 0.1) is 6.04 Å². The lowest BCUT2D eigenvalue weighted by atomic mass is 9.96. The van der Waals surface area contributed by atoms with Gasteiger partial charge in [0.25, 0.3) is 0 Å². The van der Waals surface area contributed by atoms with Gasteiger partial charge in [-0.25, -0.2) is 0 Å². The number of rotatable bonds is 3. The summed E-state index contributed by atoms with van der Waals surface area (Å²) in [5.74, 6) is 0. The fraction of sp³-hybridized carbons (Fsp3) is 0.294. The van der Waals surface area contributed by atoms with Crippen molar-refractivity contribution in [1.29, 1.82) is 0 Å². The number of hydrogen-bond acceptors (Lipinski definition) is 2. The lowest BCUT2D eigenvalue weighted by molar-refractivity contribution is 0.198. The molecule has 4 heteroatoms. The molecule has 0 aliphatic carbocycles. The van der Waals surface area contributed by atoms with Gasteiger partial charge in [0.15, 0.2) is 0 Å². The van der Waals surface area contributed by atoms with Crippen LogP contribution in [-0.2, 0) is 0 Å². The number of nitrogens with one attached hydrogen (secondary N) is 1. The molecule has 0 amide bonds. The Hall–Kier alpha value is -0.870. The highest BCUT2D eigenvalue weighted by Crippen LogP contribution is 2.31. The van der Waals surface area contributed by atoms with Crippen molar-refractivity contribution in [2.45, 2.75) is 6.04 Å². The molecule has 21 heavy (non-hydrogen) atoms. The molecule has 0 bridgehead atoms. The van der Waals surface area contributed by atoms with Gasteiger partial charge in [-0.05, 0) is 35.4 Å². The summed E-state index contributed by atoms with van der Waals surface area (Å²) in [4.78, 5) is 2.52. The van der Waals surface area contributed by atoms with Gasteiger partial charge >= 0.3 is 0 Å². The smallest absolute Gasteiger partial charge is 0.0603 e. The van der Waals surface area contributed by atoms with Crippen molar-refractivity contribution in [2.75, 3.05) is 26.2 Å². The molecule has 2 nitrogen and oxygen atoms in total. The van der Waals surface area contributed by atoms with E-state index in [0.29, 0.717) is 0 Å². The first-order chi connectivity index (χ1) is 10.2. The van der Waals surface area contributed by atoms with Crippen molar-refractivity contribution in [1.82, 2.24) is 10.2 Å². The Labute approximate surface area is 139 Å². The van der Waals surface area contributed by atoms with Gasteiger partial charge in [-0.2, -0.15) is 0 Å². The second-order valence-corrected chi connectivity index (χ2v) is 6.65. The summed E-state index contributed by atoms with van der Waals surface area (Å²) in [5.41, 5.74) is 2.56. The van der Waals surface area contributed by atoms with Gasteiger partial charge in [0.1, 0.15) is 0 Å². The standard InChI is InChI=1S/C17H18BrClN2/c18-15-6-4-13(5-7-15)17(21-10-8-20-9-11-21)14-2-1-3-16(19)12-14/h1-7,12,17,20H,8-11H2. The number of halogens is 2. The topological polar surface area (TPSA) is 15.3 Å². The normalized spacial score (nSPS) is 17.6. The summed E-state index contributed by atoms with van der Waals surface area (Å²) >= 11 is 9.72. The van der Waals surface area contributed by atoms with Gasteiger partial charge in [-0.3, -0.25) is 4.90 Å². The van der Waals surface area contributed by atoms with Crippen LogP contribution in [-0.4, -0.2) is 31.1 Å². The summed E-state index contributed by atoms with van der Waals surface area (Å²) in [5, 5.41) is 4.21. The highest BCUT2D eigenvalue weighted by molar-refractivity contribution is 9.10. The molecule has 1 aliphatic rings. The second kappa shape index (κ2) is 6.93. The molecule has 1 aliphatic heterocycles. The largest absolute Gasteiger partial charge is 0.314 e. The molecule has 1 heterocycles. The molecular weight excluding hydrogens is 348 g/mol. The van der Waals surface area contributed by atoms with Crippen LogP contribution in [0.15, 0.2) is 53.0 Å². The first-order valence-corrected chi connectivity index (χ1v) is 8.37. The molecule has 0 saturated carbocycles. The van der Waals surface area contributed by atoms with Crippen LogP contribution in [0.25, 0.3) is 0 Å². The Morgan fingerprint density at radius 1 is 1.00 bits per heavy atom. The molecule has 2 aromatic rings. The Balaban J connectivity index is 1.99. The van der Waals surface area contributed by atoms with E-state index in [-0.39, 0.29) is 6.04 Å². The fourth-order valence-electron chi connectivity index (χ4n) is 2.88. The summed E-state index contributed by atoms with van der Waals surface area (Å²) in [6.07, 6.45) is 0. The Bertz CT molecular complexity index is 594. The number of piperazine rings is 1. The maximum Gasteiger partial charge on any atom is 0.0603 e. The predicted octanol–water partition coefficient (Wildman–Crippen LogP) is 4.10. The van der Waals surface area contributed by atoms with Gasteiger partial charge in [-0.15, -0.1) is 0 Å². The Morgan fingerprint density at radius 3 is 2.38 bits per heavy atom. The average molecular weight is 366 g/mol. The van der Waals surface area contributed by atoms with Crippen LogP contribution in [0.2, 0.25) is 5.02 Å². The van der Waals surface area contributed by atoms with Crippen LogP contribution in [0.3, 0.4) is 0 Å². The Morgan fingerprint density at radius 2 is 1.71 bits per heavy atom. The van der Waals surface area contributed by atoms with Crippen LogP contribution in [0.1, 0.15) is 17.2 Å². The predicted molar refractivity (Wildman–Crippen MR) is 91.9 cm³/mol. The molecule has 1 saturated heterocycles. The number of hydrogen-bond donors (Lipinski definition) is 1. The maximum atomic E-state index is 6.20. The molecular formula is C17H18BrClN2. The third-order valence-corrected chi connectivity index (χ3v) is 4.63. The number of nitrogens with zero attached hydrogens (tertiary/aromatic N) is 1. The molecule has 1 atom stereocenters. The maximum absolute atomic E-state index is 6.20. The minimum atomic E-state index is 0.263. The molecule has 0 aromatic heterocycles. The van der Waals surface area contributed by atoms with Crippen LogP contribution in [0, 0.1) is 0 Å². The van der Waals surface area contributed by atoms with E-state index in [2.05, 4.69) is 62.5 Å². The molecule has 0 radical (unpaired) electrons. The quantitative estimate of drug-likeness (QED) is 0.881. The van der Waals surface area contributed by atoms with E-state index >= 15 is 0 Å². The average Bonchev–Trinajstić information content (AvgIpc) is 2.51. The van der Waals surface area contributed by atoms with E-state index in [1.165, 1.54) is 11.1 Å². The third kappa shape index (κ3) is 3.67. The molecule has 0 spiro atoms. The molecule has 1 fully saturated rings. The van der Waals surface area contributed by atoms with Gasteiger partial charge in [-0.1, -0.05) is 51.8 Å². The fourth-order valence-corrected chi connectivity index (χ4v) is 3.34. The lowest BCUT2D eigenvalue weighted by Gasteiger charge is -2.35. The molecule has 3 rings (SSSR count). The molecule has 1 N–H and O–H groups in total. The van der Waals surface area contributed by atoms with E-state index in [9.17, 15) is 0 Å². The van der Waals surface area contributed by atoms with Crippen molar-refractivity contribution in [3.05, 3.63) is 69.2 Å². The molecule has 1 unspecified atom stereocenters. The third-order valence-electron chi connectivity index (χ3n) is 3.87. The highest BCUT2D eigenvalue weighted by Gasteiger charge is 2.23. The zero-order valence-electron chi connectivity index (χ0n) is 11.7. The first-order valence-electron chi connectivity index (χ1n) is 7.20. The van der Waals surface area contributed by atoms with Crippen LogP contribution in [0.5, 0.6) is 0 Å². The lowest BCUT2D eigenvalue weighted by Crippen LogP contribution is -2.45.